The number of amides is 1. The van der Waals surface area contributed by atoms with Gasteiger partial charge in [-0.3, -0.25) is 0 Å². The summed E-state index contributed by atoms with van der Waals surface area (Å²) in [7, 11) is 0. The van der Waals surface area contributed by atoms with Crippen molar-refractivity contribution in [3.05, 3.63) is 12.5 Å². The molecule has 0 spiro atoms. The molecule has 0 unspecified atom stereocenters. The summed E-state index contributed by atoms with van der Waals surface area (Å²) in [5, 5.41) is 6.71. The van der Waals surface area contributed by atoms with Crippen LogP contribution in [0, 0.1) is 0 Å². The molecule has 5 nitrogen and oxygen atoms in total. The van der Waals surface area contributed by atoms with Crippen molar-refractivity contribution in [3.8, 4) is 0 Å². The fourth-order valence-corrected chi connectivity index (χ4v) is 0.617. The molecule has 1 amide bonds. The first-order chi connectivity index (χ1) is 6.41. The molecule has 0 bridgehead atoms. The summed E-state index contributed by atoms with van der Waals surface area (Å²) in [5.41, 5.74) is 0. The van der Waals surface area contributed by atoms with Crippen LogP contribution in [-0.2, 0) is 9.47 Å². The zero-order valence-electron chi connectivity index (χ0n) is 8.98. The Bertz CT molecular complexity index is 210. The van der Waals surface area contributed by atoms with Gasteiger partial charge in [0.05, 0.1) is 12.2 Å². The molecule has 80 valence electrons. The van der Waals surface area contributed by atoms with Crippen LogP contribution in [0.1, 0.15) is 27.7 Å². The van der Waals surface area contributed by atoms with Crippen LogP contribution < -0.4 is 0 Å². The normalized spacial score (nSPS) is 11.0. The van der Waals surface area contributed by atoms with Gasteiger partial charge in [0.2, 0.25) is 5.88 Å². The highest BCUT2D eigenvalue weighted by Gasteiger charge is 2.03. The largest absolute Gasteiger partial charge is 0.474 e. The van der Waals surface area contributed by atoms with Gasteiger partial charge in [-0.05, 0) is 34.3 Å². The predicted molar refractivity (Wildman–Crippen MR) is 51.8 cm³/mol. The summed E-state index contributed by atoms with van der Waals surface area (Å²) in [5.74, 6) is 0.0979. The van der Waals surface area contributed by atoms with Gasteiger partial charge in [-0.25, -0.2) is 4.79 Å². The van der Waals surface area contributed by atoms with E-state index in [0.29, 0.717) is 0 Å². The van der Waals surface area contributed by atoms with E-state index in [4.69, 9.17) is 9.47 Å². The second kappa shape index (κ2) is 6.12. The van der Waals surface area contributed by atoms with Crippen LogP contribution in [-0.4, -0.2) is 18.3 Å². The van der Waals surface area contributed by atoms with Crippen molar-refractivity contribution in [2.45, 2.75) is 39.9 Å². The molecule has 0 saturated heterocycles. The van der Waals surface area contributed by atoms with Gasteiger partial charge in [-0.2, -0.15) is 0 Å². The third-order valence-electron chi connectivity index (χ3n) is 0.951. The second-order valence-corrected chi connectivity index (χ2v) is 3.19. The van der Waals surface area contributed by atoms with Gasteiger partial charge in [0.15, 0.2) is 0 Å². The molecule has 5 heteroatoms. The number of carbonyl (C=O) groups is 1. The third-order valence-corrected chi connectivity index (χ3v) is 0.951. The van der Waals surface area contributed by atoms with Crippen LogP contribution in [0.25, 0.3) is 0 Å². The summed E-state index contributed by atoms with van der Waals surface area (Å²) in [4.78, 5) is 10.9. The van der Waals surface area contributed by atoms with Crippen LogP contribution in [0.5, 0.6) is 0 Å². The van der Waals surface area contributed by atoms with E-state index in [9.17, 15) is 4.79 Å². The minimum Gasteiger partial charge on any atom is -0.474 e. The molecule has 0 aromatic carbocycles. The lowest BCUT2D eigenvalue weighted by Crippen LogP contribution is -2.07. The van der Waals surface area contributed by atoms with Crippen molar-refractivity contribution in [3.63, 3.8) is 0 Å². The topological polar surface area (TPSA) is 60.2 Å². The zero-order chi connectivity index (χ0) is 11.1. The summed E-state index contributed by atoms with van der Waals surface area (Å²) >= 11 is 0. The highest BCUT2D eigenvalue weighted by molar-refractivity contribution is 5.67. The molecule has 0 rings (SSSR count). The van der Waals surface area contributed by atoms with Crippen LogP contribution in [0.2, 0.25) is 0 Å². The van der Waals surface area contributed by atoms with Gasteiger partial charge in [0, 0.05) is 0 Å². The quantitative estimate of drug-likeness (QED) is 0.517. The van der Waals surface area contributed by atoms with Crippen LogP contribution >= 0.6 is 0 Å². The van der Waals surface area contributed by atoms with E-state index in [0.717, 1.165) is 0 Å². The summed E-state index contributed by atoms with van der Waals surface area (Å²) in [6.45, 7) is 10.6. The Morgan fingerprint density at radius 3 is 2.00 bits per heavy atom. The van der Waals surface area contributed by atoms with Gasteiger partial charge < -0.3 is 9.47 Å². The Balaban J connectivity index is 3.92. The maximum absolute atomic E-state index is 10.9. The first kappa shape index (κ1) is 12.6. The van der Waals surface area contributed by atoms with Crippen molar-refractivity contribution >= 4 is 6.09 Å². The van der Waals surface area contributed by atoms with E-state index in [-0.39, 0.29) is 18.1 Å². The smallest absolute Gasteiger partial charge is 0.452 e. The Hall–Kier alpha value is -1.39. The van der Waals surface area contributed by atoms with Crippen molar-refractivity contribution in [1.29, 1.82) is 0 Å². The van der Waals surface area contributed by atoms with E-state index in [1.807, 2.05) is 13.8 Å². The molecule has 0 aliphatic heterocycles. The standard InChI is InChI=1S/C9H16N2O3/c1-6(2)13-8(5)10-11-9(12)14-7(3)4/h6-7H,5H2,1-4H3. The van der Waals surface area contributed by atoms with Gasteiger partial charge in [-0.1, -0.05) is 5.11 Å². The second-order valence-electron chi connectivity index (χ2n) is 3.19. The highest BCUT2D eigenvalue weighted by atomic mass is 16.6. The minimum atomic E-state index is -0.742. The van der Waals surface area contributed by atoms with Gasteiger partial charge in [0.1, 0.15) is 0 Å². The third kappa shape index (κ3) is 7.27. The average Bonchev–Trinajstić information content (AvgIpc) is 1.98. The average molecular weight is 200 g/mol. The molecule has 0 heterocycles. The van der Waals surface area contributed by atoms with Crippen molar-refractivity contribution in [1.82, 2.24) is 0 Å². The van der Waals surface area contributed by atoms with Gasteiger partial charge >= 0.3 is 6.09 Å². The lowest BCUT2D eigenvalue weighted by molar-refractivity contribution is 0.120. The maximum atomic E-state index is 10.9. The van der Waals surface area contributed by atoms with Crippen LogP contribution in [0.4, 0.5) is 4.79 Å². The fraction of sp³-hybridized carbons (Fsp3) is 0.667. The first-order valence-electron chi connectivity index (χ1n) is 4.39. The Morgan fingerprint density at radius 1 is 1.07 bits per heavy atom. The number of azo groups is 1. The molecule has 0 saturated carbocycles. The lowest BCUT2D eigenvalue weighted by atomic mass is 10.5. The molecule has 14 heavy (non-hydrogen) atoms. The molecule has 0 atom stereocenters. The zero-order valence-corrected chi connectivity index (χ0v) is 8.98. The summed E-state index contributed by atoms with van der Waals surface area (Å²) in [6.07, 6.45) is -0.989. The molecular weight excluding hydrogens is 184 g/mol. The minimum absolute atomic E-state index is 0.0393. The maximum Gasteiger partial charge on any atom is 0.452 e. The number of hydrogen-bond donors (Lipinski definition) is 0. The summed E-state index contributed by atoms with van der Waals surface area (Å²) in [6, 6.07) is 0. The van der Waals surface area contributed by atoms with Crippen molar-refractivity contribution < 1.29 is 14.3 Å². The molecule has 0 aliphatic rings. The van der Waals surface area contributed by atoms with Crippen LogP contribution in [0.15, 0.2) is 22.7 Å². The Kier molecular flexibility index (Phi) is 5.52. The Labute approximate surface area is 83.8 Å². The number of carbonyl (C=O) groups excluding carboxylic acids is 1. The molecule has 0 aromatic heterocycles. The highest BCUT2D eigenvalue weighted by Crippen LogP contribution is 2.02. The van der Waals surface area contributed by atoms with Gasteiger partial charge in [0.25, 0.3) is 0 Å². The molecule has 0 aliphatic carbocycles. The number of rotatable bonds is 4. The first-order valence-corrected chi connectivity index (χ1v) is 4.39. The van der Waals surface area contributed by atoms with Crippen molar-refractivity contribution in [2.75, 3.05) is 0 Å². The van der Waals surface area contributed by atoms with E-state index in [1.165, 1.54) is 0 Å². The lowest BCUT2D eigenvalue weighted by Gasteiger charge is -2.06. The summed E-state index contributed by atoms with van der Waals surface area (Å²) < 4.78 is 9.75. The van der Waals surface area contributed by atoms with Gasteiger partial charge in [-0.15, -0.1) is 5.11 Å². The molecule has 0 N–H and O–H groups in total. The van der Waals surface area contributed by atoms with E-state index in [1.54, 1.807) is 13.8 Å². The Morgan fingerprint density at radius 2 is 1.57 bits per heavy atom. The number of ether oxygens (including phenoxy) is 2. The van der Waals surface area contributed by atoms with E-state index in [2.05, 4.69) is 16.8 Å². The van der Waals surface area contributed by atoms with Crippen LogP contribution in [0.3, 0.4) is 0 Å². The SMILES string of the molecule is C=C(N=NC(=O)OC(C)C)OC(C)C. The monoisotopic (exact) mass is 200 g/mol. The molecule has 0 radical (unpaired) electrons. The fourth-order valence-electron chi connectivity index (χ4n) is 0.617. The van der Waals surface area contributed by atoms with E-state index < -0.39 is 6.09 Å². The molecule has 0 aromatic rings. The predicted octanol–water partition coefficient (Wildman–Crippen LogP) is 2.88. The molecular formula is C9H16N2O3. The van der Waals surface area contributed by atoms with E-state index >= 15 is 0 Å². The number of hydrogen-bond acceptors (Lipinski definition) is 4. The number of nitrogens with zero attached hydrogens (tertiary/aromatic N) is 2. The van der Waals surface area contributed by atoms with Crippen molar-refractivity contribution in [2.24, 2.45) is 10.2 Å². The molecule has 0 fully saturated rings.